The zero-order chi connectivity index (χ0) is 15.6. The molecule has 0 bridgehead atoms. The molecule has 0 spiro atoms. The molecule has 8 heteroatoms. The van der Waals surface area contributed by atoms with E-state index in [0.717, 1.165) is 6.07 Å². The zero-order valence-electron chi connectivity index (χ0n) is 11.0. The molecule has 0 aliphatic carbocycles. The first-order chi connectivity index (χ1) is 9.81. The lowest BCUT2D eigenvalue weighted by Gasteiger charge is -2.11. The highest BCUT2D eigenvalue weighted by molar-refractivity contribution is 7.92. The summed E-state index contributed by atoms with van der Waals surface area (Å²) in [6.07, 6.45) is 0. The fourth-order valence-corrected chi connectivity index (χ4v) is 2.86. The van der Waals surface area contributed by atoms with E-state index < -0.39 is 14.9 Å². The molecular formula is C13H12N2O5S. The van der Waals surface area contributed by atoms with E-state index in [9.17, 15) is 23.6 Å². The average Bonchev–Trinajstić information content (AvgIpc) is 2.44. The first kappa shape index (κ1) is 14.8. The average molecular weight is 308 g/mol. The van der Waals surface area contributed by atoms with Gasteiger partial charge in [0.15, 0.2) is 0 Å². The van der Waals surface area contributed by atoms with Gasteiger partial charge in [0.05, 0.1) is 15.5 Å². The van der Waals surface area contributed by atoms with Crippen LogP contribution in [0.5, 0.6) is 5.75 Å². The molecule has 0 saturated heterocycles. The minimum atomic E-state index is -3.97. The SMILES string of the molecule is Cc1c(O)cccc1NS(=O)(=O)c1cccc([N+](=O)[O-])c1. The predicted molar refractivity (Wildman–Crippen MR) is 76.7 cm³/mol. The number of benzene rings is 2. The van der Waals surface area contributed by atoms with Crippen LogP contribution in [0.25, 0.3) is 0 Å². The van der Waals surface area contributed by atoms with Gasteiger partial charge in [-0.1, -0.05) is 12.1 Å². The minimum absolute atomic E-state index is 0.0470. The number of sulfonamides is 1. The van der Waals surface area contributed by atoms with Gasteiger partial charge in [-0.3, -0.25) is 14.8 Å². The lowest BCUT2D eigenvalue weighted by molar-refractivity contribution is -0.385. The second kappa shape index (κ2) is 5.41. The van der Waals surface area contributed by atoms with Gasteiger partial charge in [0.25, 0.3) is 15.7 Å². The summed E-state index contributed by atoms with van der Waals surface area (Å²) in [5.74, 6) is -0.0470. The largest absolute Gasteiger partial charge is 0.508 e. The molecule has 7 nitrogen and oxygen atoms in total. The van der Waals surface area contributed by atoms with E-state index in [2.05, 4.69) is 4.72 Å². The van der Waals surface area contributed by atoms with Crippen molar-refractivity contribution in [2.24, 2.45) is 0 Å². The van der Waals surface area contributed by atoms with Crippen molar-refractivity contribution in [3.05, 3.63) is 58.1 Å². The van der Waals surface area contributed by atoms with Crippen molar-refractivity contribution >= 4 is 21.4 Å². The Labute approximate surface area is 121 Å². The number of anilines is 1. The fourth-order valence-electron chi connectivity index (χ4n) is 1.70. The van der Waals surface area contributed by atoms with Gasteiger partial charge in [-0.15, -0.1) is 0 Å². The van der Waals surface area contributed by atoms with Gasteiger partial charge >= 0.3 is 0 Å². The molecule has 0 fully saturated rings. The molecule has 0 saturated carbocycles. The summed E-state index contributed by atoms with van der Waals surface area (Å²) in [5.41, 5.74) is 0.263. The molecule has 110 valence electrons. The second-order valence-corrected chi connectivity index (χ2v) is 5.99. The van der Waals surface area contributed by atoms with Crippen LogP contribution < -0.4 is 4.72 Å². The highest BCUT2D eigenvalue weighted by Gasteiger charge is 2.18. The van der Waals surface area contributed by atoms with Crippen molar-refractivity contribution in [3.63, 3.8) is 0 Å². The molecule has 0 unspecified atom stereocenters. The summed E-state index contributed by atoms with van der Waals surface area (Å²) in [7, 11) is -3.97. The van der Waals surface area contributed by atoms with Gasteiger partial charge in [-0.2, -0.15) is 0 Å². The van der Waals surface area contributed by atoms with Crippen molar-refractivity contribution in [1.29, 1.82) is 0 Å². The molecule has 0 atom stereocenters. The van der Waals surface area contributed by atoms with Crippen LogP contribution >= 0.6 is 0 Å². The smallest absolute Gasteiger partial charge is 0.270 e. The van der Waals surface area contributed by atoms with Crippen LogP contribution in [0.4, 0.5) is 11.4 Å². The van der Waals surface area contributed by atoms with Crippen LogP contribution in [-0.4, -0.2) is 18.4 Å². The highest BCUT2D eigenvalue weighted by atomic mass is 32.2. The van der Waals surface area contributed by atoms with Crippen molar-refractivity contribution in [1.82, 2.24) is 0 Å². The van der Waals surface area contributed by atoms with Crippen molar-refractivity contribution < 1.29 is 18.4 Å². The van der Waals surface area contributed by atoms with Gasteiger partial charge in [0.1, 0.15) is 5.75 Å². The number of nitro benzene ring substituents is 1. The predicted octanol–water partition coefficient (Wildman–Crippen LogP) is 2.41. The molecule has 2 aromatic rings. The van der Waals surface area contributed by atoms with Crippen LogP contribution in [-0.2, 0) is 10.0 Å². The zero-order valence-corrected chi connectivity index (χ0v) is 11.8. The van der Waals surface area contributed by atoms with Gasteiger partial charge in [-0.25, -0.2) is 8.42 Å². The third kappa shape index (κ3) is 3.11. The first-order valence-corrected chi connectivity index (χ1v) is 7.35. The van der Waals surface area contributed by atoms with Crippen LogP contribution in [0, 0.1) is 17.0 Å². The van der Waals surface area contributed by atoms with E-state index in [1.807, 2.05) is 0 Å². The maximum Gasteiger partial charge on any atom is 0.270 e. The molecule has 0 aromatic heterocycles. The standard InChI is InChI=1S/C13H12N2O5S/c1-9-12(6-3-7-13(9)16)14-21(19,20)11-5-2-4-10(8-11)15(17)18/h2-8,14,16H,1H3. The van der Waals surface area contributed by atoms with E-state index in [1.165, 1.54) is 36.4 Å². The number of phenolic OH excluding ortho intramolecular Hbond substituents is 1. The molecule has 0 amide bonds. The highest BCUT2D eigenvalue weighted by Crippen LogP contribution is 2.27. The Morgan fingerprint density at radius 2 is 1.86 bits per heavy atom. The molecule has 0 heterocycles. The Bertz CT molecular complexity index is 802. The number of nitrogens with one attached hydrogen (secondary N) is 1. The third-order valence-corrected chi connectivity index (χ3v) is 4.25. The molecule has 21 heavy (non-hydrogen) atoms. The Hall–Kier alpha value is -2.61. The number of hydrogen-bond acceptors (Lipinski definition) is 5. The van der Waals surface area contributed by atoms with E-state index in [-0.39, 0.29) is 22.0 Å². The number of nitro groups is 1. The summed E-state index contributed by atoms with van der Waals surface area (Å²) < 4.78 is 26.7. The summed E-state index contributed by atoms with van der Waals surface area (Å²) in [4.78, 5) is 9.80. The number of hydrogen-bond donors (Lipinski definition) is 2. The first-order valence-electron chi connectivity index (χ1n) is 5.87. The molecule has 0 aliphatic heterocycles. The van der Waals surface area contributed by atoms with Crippen molar-refractivity contribution in [2.75, 3.05) is 4.72 Å². The maximum atomic E-state index is 12.2. The number of rotatable bonds is 4. The Morgan fingerprint density at radius 3 is 2.52 bits per heavy atom. The number of non-ortho nitro benzene ring substituents is 1. The molecule has 2 aromatic carbocycles. The number of phenols is 1. The fraction of sp³-hybridized carbons (Fsp3) is 0.0769. The molecule has 0 radical (unpaired) electrons. The monoisotopic (exact) mass is 308 g/mol. The molecule has 0 aliphatic rings. The normalized spacial score (nSPS) is 11.1. The lowest BCUT2D eigenvalue weighted by atomic mass is 10.2. The van der Waals surface area contributed by atoms with E-state index in [4.69, 9.17) is 0 Å². The summed E-state index contributed by atoms with van der Waals surface area (Å²) in [5, 5.41) is 20.3. The quantitative estimate of drug-likeness (QED) is 0.665. The number of nitrogens with zero attached hydrogens (tertiary/aromatic N) is 1. The van der Waals surface area contributed by atoms with Crippen LogP contribution in [0.3, 0.4) is 0 Å². The van der Waals surface area contributed by atoms with Crippen LogP contribution in [0.1, 0.15) is 5.56 Å². The van der Waals surface area contributed by atoms with Gasteiger partial charge in [-0.05, 0) is 25.1 Å². The van der Waals surface area contributed by atoms with E-state index in [0.29, 0.717) is 5.56 Å². The summed E-state index contributed by atoms with van der Waals surface area (Å²) >= 11 is 0. The van der Waals surface area contributed by atoms with Crippen LogP contribution in [0.2, 0.25) is 0 Å². The molecular weight excluding hydrogens is 296 g/mol. The maximum absolute atomic E-state index is 12.2. The number of aromatic hydroxyl groups is 1. The Kier molecular flexibility index (Phi) is 3.81. The Balaban J connectivity index is 2.41. The van der Waals surface area contributed by atoms with E-state index >= 15 is 0 Å². The topological polar surface area (TPSA) is 110 Å². The third-order valence-electron chi connectivity index (χ3n) is 2.89. The molecule has 2 N–H and O–H groups in total. The van der Waals surface area contributed by atoms with Gasteiger partial charge in [0.2, 0.25) is 0 Å². The van der Waals surface area contributed by atoms with Gasteiger partial charge < -0.3 is 5.11 Å². The van der Waals surface area contributed by atoms with Crippen molar-refractivity contribution in [3.8, 4) is 5.75 Å². The van der Waals surface area contributed by atoms with Gasteiger partial charge in [0, 0.05) is 17.7 Å². The second-order valence-electron chi connectivity index (χ2n) is 4.31. The summed E-state index contributed by atoms with van der Waals surface area (Å²) in [6, 6.07) is 9.15. The Morgan fingerprint density at radius 1 is 1.19 bits per heavy atom. The lowest BCUT2D eigenvalue weighted by Crippen LogP contribution is -2.14. The van der Waals surface area contributed by atoms with E-state index in [1.54, 1.807) is 6.92 Å². The van der Waals surface area contributed by atoms with Crippen molar-refractivity contribution in [2.45, 2.75) is 11.8 Å². The minimum Gasteiger partial charge on any atom is -0.508 e. The van der Waals surface area contributed by atoms with Crippen LogP contribution in [0.15, 0.2) is 47.4 Å². The molecule has 2 rings (SSSR count). The summed E-state index contributed by atoms with van der Waals surface area (Å²) in [6.45, 7) is 1.56.